The molecule has 3 rings (SSSR count). The van der Waals surface area contributed by atoms with E-state index in [0.717, 1.165) is 31.4 Å². The summed E-state index contributed by atoms with van der Waals surface area (Å²) in [5.41, 5.74) is 1.05. The van der Waals surface area contributed by atoms with Crippen molar-refractivity contribution in [2.24, 2.45) is 0 Å². The molecule has 0 unspecified atom stereocenters. The molecule has 1 saturated heterocycles. The van der Waals surface area contributed by atoms with Crippen LogP contribution in [0, 0.1) is 0 Å². The molecule has 0 N–H and O–H groups in total. The number of ether oxygens (including phenoxy) is 1. The molecular weight excluding hydrogens is 360 g/mol. The lowest BCUT2D eigenvalue weighted by molar-refractivity contribution is -0.137. The number of amides is 1. The third-order valence-electron chi connectivity index (χ3n) is 4.23. The molecule has 1 aliphatic heterocycles. The van der Waals surface area contributed by atoms with Crippen molar-refractivity contribution in [1.29, 1.82) is 0 Å². The fraction of sp³-hybridized carbons (Fsp3) is 0.389. The summed E-state index contributed by atoms with van der Waals surface area (Å²) in [6, 6.07) is 7.47. The molecule has 25 heavy (non-hydrogen) atoms. The van der Waals surface area contributed by atoms with Gasteiger partial charge in [-0.25, -0.2) is 9.78 Å². The molecule has 1 fully saturated rings. The van der Waals surface area contributed by atoms with Gasteiger partial charge in [0.05, 0.1) is 0 Å². The quantitative estimate of drug-likeness (QED) is 0.754. The Morgan fingerprint density at radius 3 is 3.00 bits per heavy atom. The first-order valence-corrected chi connectivity index (χ1v) is 9.48. The van der Waals surface area contributed by atoms with E-state index in [4.69, 9.17) is 16.3 Å². The van der Waals surface area contributed by atoms with E-state index in [1.165, 1.54) is 11.3 Å². The highest BCUT2D eigenvalue weighted by Crippen LogP contribution is 2.26. The van der Waals surface area contributed by atoms with E-state index in [0.29, 0.717) is 10.0 Å². The van der Waals surface area contributed by atoms with Crippen LogP contribution in [0.2, 0.25) is 5.02 Å². The minimum atomic E-state index is -0.581. The van der Waals surface area contributed by atoms with Crippen LogP contribution in [0.5, 0.6) is 0 Å². The average molecular weight is 379 g/mol. The van der Waals surface area contributed by atoms with Gasteiger partial charge in [-0.2, -0.15) is 0 Å². The standard InChI is InChI=1S/C18H19ClN2O3S/c1-12-5-2-3-8-21(12)16(22)10-24-18(23)15-11-25-17(20-15)13-6-4-7-14(19)9-13/h4,6-7,9,11-12H,2-3,5,8,10H2,1H3/t12-/m1/s1. The van der Waals surface area contributed by atoms with Gasteiger partial charge < -0.3 is 9.64 Å². The maximum Gasteiger partial charge on any atom is 0.358 e. The maximum atomic E-state index is 12.2. The number of benzene rings is 1. The predicted octanol–water partition coefficient (Wildman–Crippen LogP) is 4.02. The Kier molecular flexibility index (Phi) is 5.71. The highest BCUT2D eigenvalue weighted by molar-refractivity contribution is 7.13. The number of carbonyl (C=O) groups excluding carboxylic acids is 2. The molecule has 0 aliphatic carbocycles. The van der Waals surface area contributed by atoms with Crippen molar-refractivity contribution in [2.75, 3.05) is 13.2 Å². The fourth-order valence-corrected chi connectivity index (χ4v) is 3.85. The summed E-state index contributed by atoms with van der Waals surface area (Å²) in [7, 11) is 0. The van der Waals surface area contributed by atoms with Gasteiger partial charge in [-0.1, -0.05) is 23.7 Å². The number of hydrogen-bond donors (Lipinski definition) is 0. The molecule has 0 saturated carbocycles. The van der Waals surface area contributed by atoms with Gasteiger partial charge in [0, 0.05) is 28.6 Å². The number of rotatable bonds is 4. The van der Waals surface area contributed by atoms with Gasteiger partial charge in [-0.3, -0.25) is 4.79 Å². The highest BCUT2D eigenvalue weighted by atomic mass is 35.5. The smallest absolute Gasteiger partial charge is 0.358 e. The first-order chi connectivity index (χ1) is 12.0. The van der Waals surface area contributed by atoms with E-state index in [2.05, 4.69) is 4.98 Å². The lowest BCUT2D eigenvalue weighted by atomic mass is 10.0. The normalized spacial score (nSPS) is 17.4. The topological polar surface area (TPSA) is 59.5 Å². The molecule has 2 heterocycles. The van der Waals surface area contributed by atoms with Gasteiger partial charge in [0.2, 0.25) is 0 Å². The van der Waals surface area contributed by atoms with Gasteiger partial charge in [0.25, 0.3) is 5.91 Å². The van der Waals surface area contributed by atoms with Crippen molar-refractivity contribution in [2.45, 2.75) is 32.2 Å². The number of likely N-dealkylation sites (tertiary alicyclic amines) is 1. The van der Waals surface area contributed by atoms with E-state index >= 15 is 0 Å². The minimum Gasteiger partial charge on any atom is -0.451 e. The first-order valence-electron chi connectivity index (χ1n) is 8.22. The number of esters is 1. The molecule has 5 nitrogen and oxygen atoms in total. The van der Waals surface area contributed by atoms with Crippen LogP contribution in [0.15, 0.2) is 29.6 Å². The Morgan fingerprint density at radius 2 is 2.24 bits per heavy atom. The molecule has 0 bridgehead atoms. The second-order valence-electron chi connectivity index (χ2n) is 6.06. The summed E-state index contributed by atoms with van der Waals surface area (Å²) in [6.45, 7) is 2.51. The minimum absolute atomic E-state index is 0.147. The summed E-state index contributed by atoms with van der Waals surface area (Å²) in [6.07, 6.45) is 3.13. The fourth-order valence-electron chi connectivity index (χ4n) is 2.87. The number of hydrogen-bond acceptors (Lipinski definition) is 5. The van der Waals surface area contributed by atoms with Crippen LogP contribution in [0.25, 0.3) is 10.6 Å². The molecule has 2 aromatic rings. The molecule has 0 spiro atoms. The molecule has 132 valence electrons. The molecule has 1 amide bonds. The van der Waals surface area contributed by atoms with Gasteiger partial charge >= 0.3 is 5.97 Å². The van der Waals surface area contributed by atoms with Crippen LogP contribution >= 0.6 is 22.9 Å². The van der Waals surface area contributed by atoms with E-state index in [1.807, 2.05) is 19.1 Å². The molecule has 7 heteroatoms. The summed E-state index contributed by atoms with van der Waals surface area (Å²) in [4.78, 5) is 30.4. The van der Waals surface area contributed by atoms with Crippen LogP contribution in [0.1, 0.15) is 36.7 Å². The van der Waals surface area contributed by atoms with Crippen molar-refractivity contribution in [1.82, 2.24) is 9.88 Å². The zero-order chi connectivity index (χ0) is 17.8. The Hall–Kier alpha value is -1.92. The summed E-state index contributed by atoms with van der Waals surface area (Å²) < 4.78 is 5.15. The van der Waals surface area contributed by atoms with Gasteiger partial charge in [-0.05, 0) is 38.3 Å². The third-order valence-corrected chi connectivity index (χ3v) is 5.36. The Balaban J connectivity index is 1.59. The Morgan fingerprint density at radius 1 is 1.40 bits per heavy atom. The van der Waals surface area contributed by atoms with Gasteiger partial charge in [0.15, 0.2) is 12.3 Å². The van der Waals surface area contributed by atoms with Gasteiger partial charge in [0.1, 0.15) is 5.01 Å². The Bertz CT molecular complexity index is 777. The monoisotopic (exact) mass is 378 g/mol. The van der Waals surface area contributed by atoms with Crippen molar-refractivity contribution in [3.63, 3.8) is 0 Å². The SMILES string of the molecule is C[C@@H]1CCCCN1C(=O)COC(=O)c1csc(-c2cccc(Cl)c2)n1. The zero-order valence-electron chi connectivity index (χ0n) is 13.9. The molecular formula is C18H19ClN2O3S. The van der Waals surface area contributed by atoms with Crippen LogP contribution in [-0.4, -0.2) is 41.0 Å². The number of carbonyl (C=O) groups is 2. The summed E-state index contributed by atoms with van der Waals surface area (Å²) in [5.74, 6) is -0.728. The van der Waals surface area contributed by atoms with Crippen molar-refractivity contribution >= 4 is 34.8 Å². The van der Waals surface area contributed by atoms with Gasteiger partial charge in [-0.15, -0.1) is 11.3 Å². The van der Waals surface area contributed by atoms with Crippen LogP contribution in [0.3, 0.4) is 0 Å². The Labute approximate surface area is 155 Å². The number of halogens is 1. The maximum absolute atomic E-state index is 12.2. The molecule has 1 aromatic heterocycles. The van der Waals surface area contributed by atoms with E-state index in [-0.39, 0.29) is 24.2 Å². The van der Waals surface area contributed by atoms with Crippen molar-refractivity contribution in [3.8, 4) is 10.6 Å². The van der Waals surface area contributed by atoms with Crippen LogP contribution in [0.4, 0.5) is 0 Å². The van der Waals surface area contributed by atoms with E-state index < -0.39 is 5.97 Å². The van der Waals surface area contributed by atoms with E-state index in [1.54, 1.807) is 22.4 Å². The predicted molar refractivity (Wildman–Crippen MR) is 97.9 cm³/mol. The number of piperidine rings is 1. The summed E-state index contributed by atoms with van der Waals surface area (Å²) in [5, 5.41) is 2.93. The molecule has 1 atom stereocenters. The number of thiazole rings is 1. The lowest BCUT2D eigenvalue weighted by Gasteiger charge is -2.33. The van der Waals surface area contributed by atoms with Crippen LogP contribution < -0.4 is 0 Å². The second kappa shape index (κ2) is 7.97. The highest BCUT2D eigenvalue weighted by Gasteiger charge is 2.24. The van der Waals surface area contributed by atoms with Crippen molar-refractivity contribution in [3.05, 3.63) is 40.4 Å². The third kappa shape index (κ3) is 4.38. The number of nitrogens with zero attached hydrogens (tertiary/aromatic N) is 2. The van der Waals surface area contributed by atoms with Crippen LogP contribution in [-0.2, 0) is 9.53 Å². The van der Waals surface area contributed by atoms with Crippen molar-refractivity contribution < 1.29 is 14.3 Å². The molecule has 1 aliphatic rings. The second-order valence-corrected chi connectivity index (χ2v) is 7.35. The average Bonchev–Trinajstić information content (AvgIpc) is 3.10. The summed E-state index contributed by atoms with van der Waals surface area (Å²) >= 11 is 7.31. The number of aromatic nitrogens is 1. The molecule has 1 aromatic carbocycles. The largest absolute Gasteiger partial charge is 0.451 e. The molecule has 0 radical (unpaired) electrons. The van der Waals surface area contributed by atoms with E-state index in [9.17, 15) is 9.59 Å². The lowest BCUT2D eigenvalue weighted by Crippen LogP contribution is -2.44. The first kappa shape index (κ1) is 17.9. The zero-order valence-corrected chi connectivity index (χ0v) is 15.5.